The molecule has 0 spiro atoms. The molecule has 1 aliphatic heterocycles. The van der Waals surface area contributed by atoms with Gasteiger partial charge in [-0.25, -0.2) is 0 Å². The second kappa shape index (κ2) is 13.5. The van der Waals surface area contributed by atoms with Crippen LogP contribution in [-0.4, -0.2) is 99.6 Å². The summed E-state index contributed by atoms with van der Waals surface area (Å²) in [5.41, 5.74) is 5.16. The zero-order chi connectivity index (χ0) is 23.2. The van der Waals surface area contributed by atoms with Crippen LogP contribution < -0.4 is 5.43 Å². The van der Waals surface area contributed by atoms with E-state index in [-0.39, 0.29) is 13.1 Å². The van der Waals surface area contributed by atoms with E-state index in [1.807, 2.05) is 36.4 Å². The van der Waals surface area contributed by atoms with Crippen LogP contribution in [0.1, 0.15) is 5.56 Å². The molecule has 0 amide bonds. The van der Waals surface area contributed by atoms with Gasteiger partial charge in [0.1, 0.15) is 0 Å². The minimum atomic E-state index is -1.23. The third-order valence-corrected chi connectivity index (χ3v) is 3.75. The number of benzene rings is 1. The number of carboxylic acids is 4. The number of rotatable bonds is 11. The fourth-order valence-corrected chi connectivity index (χ4v) is 2.52. The number of hydrazone groups is 1. The van der Waals surface area contributed by atoms with E-state index < -0.39 is 50.1 Å². The van der Waals surface area contributed by atoms with E-state index >= 15 is 0 Å². The Bertz CT molecular complexity index is 772. The van der Waals surface area contributed by atoms with Crippen molar-refractivity contribution >= 4 is 41.9 Å². The number of fused-ring (bicyclic) bond motifs is 1. The van der Waals surface area contributed by atoms with E-state index in [1.54, 1.807) is 6.21 Å². The molecule has 0 radical (unpaired) electrons. The summed E-state index contributed by atoms with van der Waals surface area (Å²) in [5.74, 6) is -4.91. The molecule has 2 rings (SSSR count). The summed E-state index contributed by atoms with van der Waals surface area (Å²) in [6.45, 7) is -2.25. The van der Waals surface area contributed by atoms with Crippen molar-refractivity contribution in [2.75, 3.05) is 44.7 Å². The third-order valence-electron chi connectivity index (χ3n) is 3.75. The van der Waals surface area contributed by atoms with Crippen molar-refractivity contribution in [3.05, 3.63) is 35.9 Å². The van der Waals surface area contributed by atoms with Crippen LogP contribution in [0.25, 0.3) is 6.08 Å². The Morgan fingerprint density at radius 2 is 1.23 bits per heavy atom. The maximum absolute atomic E-state index is 10.6. The second-order valence-electron chi connectivity index (χ2n) is 6.33. The first kappa shape index (κ1) is 25.3. The van der Waals surface area contributed by atoms with Crippen LogP contribution in [0, 0.1) is 0 Å². The Labute approximate surface area is 177 Å². The number of carbonyl (C=O) groups is 4. The predicted molar refractivity (Wildman–Crippen MR) is 111 cm³/mol. The van der Waals surface area contributed by atoms with Gasteiger partial charge in [0.15, 0.2) is 0 Å². The molecule has 0 saturated heterocycles. The van der Waals surface area contributed by atoms with Crippen molar-refractivity contribution in [3.63, 3.8) is 0 Å². The van der Waals surface area contributed by atoms with E-state index in [1.165, 1.54) is 5.56 Å². The number of aliphatic carboxylic acids is 4. The number of para-hydroxylation sites is 1. The molecule has 1 aliphatic rings. The summed E-state index contributed by atoms with van der Waals surface area (Å²) in [6, 6.07) is 8.05. The first-order valence-electron chi connectivity index (χ1n) is 9.04. The average molecular weight is 436 g/mol. The van der Waals surface area contributed by atoms with Crippen LogP contribution >= 0.6 is 0 Å². The summed E-state index contributed by atoms with van der Waals surface area (Å²) in [7, 11) is 0. The van der Waals surface area contributed by atoms with Crippen molar-refractivity contribution in [3.8, 4) is 0 Å². The Balaban J connectivity index is 0.000000361. The van der Waals surface area contributed by atoms with Crippen molar-refractivity contribution < 1.29 is 39.6 Å². The monoisotopic (exact) mass is 436 g/mol. The predicted octanol–water partition coefficient (Wildman–Crippen LogP) is 0.0399. The van der Waals surface area contributed by atoms with Gasteiger partial charge in [0.2, 0.25) is 0 Å². The fourth-order valence-electron chi connectivity index (χ4n) is 2.52. The van der Waals surface area contributed by atoms with Crippen LogP contribution in [0.3, 0.4) is 0 Å². The van der Waals surface area contributed by atoms with Crippen LogP contribution in [0.4, 0.5) is 5.69 Å². The lowest BCUT2D eigenvalue weighted by molar-refractivity contribution is -0.145. The number of hydrogen-bond acceptors (Lipinski definition) is 8. The number of nitrogens with one attached hydrogen (secondary N) is 1. The number of allylic oxidation sites excluding steroid dienone is 1. The van der Waals surface area contributed by atoms with Crippen molar-refractivity contribution in [1.82, 2.24) is 9.80 Å². The summed E-state index contributed by atoms with van der Waals surface area (Å²) in [5, 5.41) is 38.4. The maximum Gasteiger partial charge on any atom is 0.317 e. The van der Waals surface area contributed by atoms with Crippen LogP contribution in [-0.2, 0) is 19.2 Å². The van der Waals surface area contributed by atoms with Crippen LogP contribution in [0.5, 0.6) is 0 Å². The molecule has 168 valence electrons. The van der Waals surface area contributed by atoms with Crippen LogP contribution in [0.15, 0.2) is 35.4 Å². The quantitative estimate of drug-likeness (QED) is 0.316. The number of carboxylic acid groups (broad SMARTS) is 4. The Kier molecular flexibility index (Phi) is 11.0. The first-order chi connectivity index (χ1) is 14.7. The molecule has 1 aromatic rings. The highest BCUT2D eigenvalue weighted by Gasteiger charge is 2.18. The van der Waals surface area contributed by atoms with Crippen molar-refractivity contribution in [2.24, 2.45) is 5.10 Å². The fraction of sp³-hybridized carbons (Fsp3) is 0.316. The first-order valence-corrected chi connectivity index (χ1v) is 9.04. The zero-order valence-electron chi connectivity index (χ0n) is 16.5. The number of anilines is 1. The van der Waals surface area contributed by atoms with E-state index in [0.29, 0.717) is 0 Å². The molecule has 5 N–H and O–H groups in total. The SMILES string of the molecule is C1=Cc2ccccc2NN=C1.O=C(O)CN(CCN(CC(=O)O)CC(=O)O)CC(=O)O. The molecule has 12 nitrogen and oxygen atoms in total. The molecule has 0 fully saturated rings. The van der Waals surface area contributed by atoms with Gasteiger partial charge in [0.05, 0.1) is 31.9 Å². The standard InChI is InChI=1S/C10H16N2O8.C9H8N2/c13-7(14)3-11(4-8(15)16)1-2-12(5-9(17)18)6-10(19)20;1-2-6-9-8(4-1)5-3-7-10-11-9/h1-6H2,(H,13,14)(H,15,16)(H,17,18)(H,19,20);1-7,11H. The molecular weight excluding hydrogens is 412 g/mol. The lowest BCUT2D eigenvalue weighted by Crippen LogP contribution is -2.43. The normalized spacial score (nSPS) is 11.7. The lowest BCUT2D eigenvalue weighted by atomic mass is 10.2. The topological polar surface area (TPSA) is 180 Å². The number of hydrogen-bond donors (Lipinski definition) is 5. The highest BCUT2D eigenvalue weighted by Crippen LogP contribution is 2.17. The molecule has 1 heterocycles. The maximum atomic E-state index is 10.6. The molecule has 31 heavy (non-hydrogen) atoms. The van der Waals surface area contributed by atoms with Crippen molar-refractivity contribution in [2.45, 2.75) is 0 Å². The molecule has 0 aliphatic carbocycles. The largest absolute Gasteiger partial charge is 0.480 e. The lowest BCUT2D eigenvalue weighted by Gasteiger charge is -2.23. The molecule has 12 heteroatoms. The highest BCUT2D eigenvalue weighted by molar-refractivity contribution is 5.83. The minimum absolute atomic E-state index is 0.0703. The smallest absolute Gasteiger partial charge is 0.317 e. The summed E-state index contributed by atoms with van der Waals surface area (Å²) < 4.78 is 0. The second-order valence-corrected chi connectivity index (χ2v) is 6.33. The molecule has 0 saturated carbocycles. The summed E-state index contributed by atoms with van der Waals surface area (Å²) in [6.07, 6.45) is 5.68. The molecule has 0 atom stereocenters. The van der Waals surface area contributed by atoms with Gasteiger partial charge in [0.25, 0.3) is 0 Å². The summed E-state index contributed by atoms with van der Waals surface area (Å²) in [4.78, 5) is 44.4. The molecular formula is C19H24N4O8. The Morgan fingerprint density at radius 3 is 1.68 bits per heavy atom. The molecule has 0 aromatic heterocycles. The van der Waals surface area contributed by atoms with Crippen molar-refractivity contribution in [1.29, 1.82) is 0 Å². The Morgan fingerprint density at radius 1 is 0.774 bits per heavy atom. The Hall–Kier alpha value is -3.77. The van der Waals surface area contributed by atoms with Gasteiger partial charge in [-0.05, 0) is 17.7 Å². The van der Waals surface area contributed by atoms with Gasteiger partial charge in [-0.1, -0.05) is 24.3 Å². The summed E-state index contributed by atoms with van der Waals surface area (Å²) >= 11 is 0. The zero-order valence-corrected chi connectivity index (χ0v) is 16.5. The van der Waals surface area contributed by atoms with Crippen LogP contribution in [0.2, 0.25) is 0 Å². The van der Waals surface area contributed by atoms with E-state index in [2.05, 4.69) is 10.5 Å². The van der Waals surface area contributed by atoms with E-state index in [9.17, 15) is 19.2 Å². The van der Waals surface area contributed by atoms with Gasteiger partial charge in [-0.3, -0.25) is 34.4 Å². The van der Waals surface area contributed by atoms with E-state index in [0.717, 1.165) is 15.5 Å². The minimum Gasteiger partial charge on any atom is -0.480 e. The van der Waals surface area contributed by atoms with E-state index in [4.69, 9.17) is 20.4 Å². The van der Waals surface area contributed by atoms with Gasteiger partial charge in [-0.2, -0.15) is 5.10 Å². The number of nitrogens with zero attached hydrogens (tertiary/aromatic N) is 3. The van der Waals surface area contributed by atoms with Gasteiger partial charge in [-0.15, -0.1) is 0 Å². The highest BCUT2D eigenvalue weighted by atomic mass is 16.4. The van der Waals surface area contributed by atoms with Gasteiger partial charge in [0, 0.05) is 19.3 Å². The molecule has 0 unspecified atom stereocenters. The third kappa shape index (κ3) is 11.7. The molecule has 0 bridgehead atoms. The molecule has 1 aromatic carbocycles. The van der Waals surface area contributed by atoms with Gasteiger partial charge >= 0.3 is 23.9 Å². The van der Waals surface area contributed by atoms with Gasteiger partial charge < -0.3 is 20.4 Å². The average Bonchev–Trinajstić information content (AvgIpc) is 2.90.